The van der Waals surface area contributed by atoms with Crippen molar-refractivity contribution in [2.75, 3.05) is 19.8 Å². The highest BCUT2D eigenvalue weighted by molar-refractivity contribution is 5.76. The van der Waals surface area contributed by atoms with Crippen LogP contribution in [-0.4, -0.2) is 140 Å². The standard InChI is InChI=1S/C50H91NO13/c1-3-5-7-9-11-13-15-17-18-19-20-21-22-24-26-28-30-32-34-42(55)51-38(39(54)33-31-29-27-25-23-16-14-12-10-8-6-4-2)37-61-49-47(60)45(58)48(41(36-53)63-49)64-50-46(59)44(57)43(56)40(35-52)62-50/h13,15,18-19,31,33,38-41,43-50,52-54,56-60H,3-12,14,16-17,20-30,32,34-37H2,1-2H3,(H,51,55)/b15-13-,19-18-,33-31+. The van der Waals surface area contributed by atoms with Crippen LogP contribution in [0, 0.1) is 0 Å². The first-order chi connectivity index (χ1) is 31.1. The number of unbranched alkanes of at least 4 members (excludes halogenated alkanes) is 21. The molecular weight excluding hydrogens is 823 g/mol. The summed E-state index contributed by atoms with van der Waals surface area (Å²) in [6, 6.07) is -0.916. The molecule has 2 aliphatic heterocycles. The number of amides is 1. The van der Waals surface area contributed by atoms with Crippen LogP contribution in [0.5, 0.6) is 0 Å². The zero-order valence-corrected chi connectivity index (χ0v) is 39.5. The SMILES string of the molecule is CCCCCC/C=C\C/C=C\CCCCCCCCCC(=O)NC(COC1OC(CO)C(OC2OC(CO)C(O)C(O)C2O)C(O)C1O)C(O)/C=C/CCCCCCCCCCCC. The van der Waals surface area contributed by atoms with Crippen LogP contribution in [0.15, 0.2) is 36.5 Å². The molecular formula is C50H91NO13. The number of aliphatic hydroxyl groups excluding tert-OH is 8. The Morgan fingerprint density at radius 2 is 1.03 bits per heavy atom. The van der Waals surface area contributed by atoms with Gasteiger partial charge in [0.25, 0.3) is 0 Å². The number of allylic oxidation sites excluding steroid dienone is 5. The van der Waals surface area contributed by atoms with E-state index in [1.165, 1.54) is 96.3 Å². The Morgan fingerprint density at radius 3 is 1.58 bits per heavy atom. The summed E-state index contributed by atoms with van der Waals surface area (Å²) in [5, 5.41) is 86.6. The minimum atomic E-state index is -1.79. The second-order valence-electron chi connectivity index (χ2n) is 17.9. The molecule has 2 saturated heterocycles. The number of aliphatic hydroxyl groups is 8. The van der Waals surface area contributed by atoms with E-state index in [4.69, 9.17) is 18.9 Å². The maximum absolute atomic E-state index is 13.2. The summed E-state index contributed by atoms with van der Waals surface area (Å²) >= 11 is 0. The topological polar surface area (TPSA) is 228 Å². The van der Waals surface area contributed by atoms with Gasteiger partial charge in [-0.15, -0.1) is 0 Å². The molecule has 2 rings (SSSR count). The highest BCUT2D eigenvalue weighted by Crippen LogP contribution is 2.30. The van der Waals surface area contributed by atoms with Crippen molar-refractivity contribution in [3.63, 3.8) is 0 Å². The largest absolute Gasteiger partial charge is 0.394 e. The Morgan fingerprint density at radius 1 is 0.562 bits per heavy atom. The lowest BCUT2D eigenvalue weighted by molar-refractivity contribution is -0.359. The average molecular weight is 914 g/mol. The molecule has 0 spiro atoms. The van der Waals surface area contributed by atoms with Crippen molar-refractivity contribution in [1.29, 1.82) is 0 Å². The van der Waals surface area contributed by atoms with E-state index in [1.807, 2.05) is 6.08 Å². The Bertz CT molecular complexity index is 1220. The van der Waals surface area contributed by atoms with E-state index in [1.54, 1.807) is 6.08 Å². The lowest BCUT2D eigenvalue weighted by atomic mass is 9.97. The fourth-order valence-corrected chi connectivity index (χ4v) is 8.14. The summed E-state index contributed by atoms with van der Waals surface area (Å²) in [7, 11) is 0. The molecule has 0 saturated carbocycles. The first kappa shape index (κ1) is 58.3. The quantitative estimate of drug-likeness (QED) is 0.0244. The first-order valence-corrected chi connectivity index (χ1v) is 25.2. The third-order valence-electron chi connectivity index (χ3n) is 12.3. The summed E-state index contributed by atoms with van der Waals surface area (Å²) in [4.78, 5) is 13.2. The minimum absolute atomic E-state index is 0.250. The van der Waals surface area contributed by atoms with Crippen LogP contribution >= 0.6 is 0 Å². The van der Waals surface area contributed by atoms with Gasteiger partial charge in [-0.25, -0.2) is 0 Å². The lowest BCUT2D eigenvalue weighted by Gasteiger charge is -2.46. The predicted molar refractivity (Wildman–Crippen MR) is 249 cm³/mol. The molecule has 2 aliphatic rings. The van der Waals surface area contributed by atoms with E-state index in [-0.39, 0.29) is 18.9 Å². The summed E-state index contributed by atoms with van der Waals surface area (Å²) in [5.74, 6) is -0.250. The molecule has 12 unspecified atom stereocenters. The highest BCUT2D eigenvalue weighted by Gasteiger charge is 2.51. The van der Waals surface area contributed by atoms with Gasteiger partial charge in [0.05, 0.1) is 32.0 Å². The van der Waals surface area contributed by atoms with Crippen LogP contribution in [0.1, 0.15) is 181 Å². The monoisotopic (exact) mass is 914 g/mol. The lowest BCUT2D eigenvalue weighted by Crippen LogP contribution is -2.65. The van der Waals surface area contributed by atoms with Crippen molar-refractivity contribution in [2.24, 2.45) is 0 Å². The molecule has 374 valence electrons. The molecule has 0 aromatic carbocycles. The number of ether oxygens (including phenoxy) is 4. The van der Waals surface area contributed by atoms with Crippen LogP contribution in [-0.2, 0) is 23.7 Å². The van der Waals surface area contributed by atoms with Crippen molar-refractivity contribution in [1.82, 2.24) is 5.32 Å². The molecule has 12 atom stereocenters. The van der Waals surface area contributed by atoms with Gasteiger partial charge in [0.2, 0.25) is 5.91 Å². The van der Waals surface area contributed by atoms with Crippen molar-refractivity contribution < 1.29 is 64.6 Å². The zero-order chi connectivity index (χ0) is 46.8. The van der Waals surface area contributed by atoms with Gasteiger partial charge in [-0.3, -0.25) is 4.79 Å². The third kappa shape index (κ3) is 24.3. The Hall–Kier alpha value is -1.79. The molecule has 2 fully saturated rings. The zero-order valence-electron chi connectivity index (χ0n) is 39.5. The van der Waals surface area contributed by atoms with E-state index in [0.717, 1.165) is 57.8 Å². The van der Waals surface area contributed by atoms with Gasteiger partial charge in [0.1, 0.15) is 48.8 Å². The van der Waals surface area contributed by atoms with Gasteiger partial charge in [0.15, 0.2) is 12.6 Å². The van der Waals surface area contributed by atoms with Gasteiger partial charge in [-0.05, 0) is 51.4 Å². The Balaban J connectivity index is 1.85. The number of hydrogen-bond acceptors (Lipinski definition) is 13. The van der Waals surface area contributed by atoms with Crippen molar-refractivity contribution >= 4 is 5.91 Å². The van der Waals surface area contributed by atoms with Crippen molar-refractivity contribution in [2.45, 2.75) is 254 Å². The van der Waals surface area contributed by atoms with Gasteiger partial charge in [-0.1, -0.05) is 159 Å². The van der Waals surface area contributed by atoms with Crippen LogP contribution in [0.2, 0.25) is 0 Å². The number of rotatable bonds is 38. The number of nitrogens with one attached hydrogen (secondary N) is 1. The van der Waals surface area contributed by atoms with E-state index in [9.17, 15) is 45.6 Å². The summed E-state index contributed by atoms with van der Waals surface area (Å²) in [5.41, 5.74) is 0. The smallest absolute Gasteiger partial charge is 0.220 e. The first-order valence-electron chi connectivity index (χ1n) is 25.2. The Kier molecular flexibility index (Phi) is 33.9. The fraction of sp³-hybridized carbons (Fsp3) is 0.860. The summed E-state index contributed by atoms with van der Waals surface area (Å²) < 4.78 is 22.7. The second kappa shape index (κ2) is 37.2. The van der Waals surface area contributed by atoms with Crippen molar-refractivity contribution in [3.8, 4) is 0 Å². The van der Waals surface area contributed by atoms with Gasteiger partial charge < -0.3 is 65.1 Å². The van der Waals surface area contributed by atoms with Crippen LogP contribution in [0.25, 0.3) is 0 Å². The van der Waals surface area contributed by atoms with Gasteiger partial charge >= 0.3 is 0 Å². The highest BCUT2D eigenvalue weighted by atomic mass is 16.7. The molecule has 0 aromatic heterocycles. The Labute approximate surface area is 385 Å². The number of carbonyl (C=O) groups excluding carboxylic acids is 1. The molecule has 14 nitrogen and oxygen atoms in total. The van der Waals surface area contributed by atoms with Crippen LogP contribution in [0.3, 0.4) is 0 Å². The molecule has 2 heterocycles. The maximum Gasteiger partial charge on any atom is 0.220 e. The summed E-state index contributed by atoms with van der Waals surface area (Å²) in [6.07, 6.45) is 24.6. The molecule has 0 aromatic rings. The van der Waals surface area contributed by atoms with E-state index < -0.39 is 86.8 Å². The van der Waals surface area contributed by atoms with Crippen LogP contribution < -0.4 is 5.32 Å². The van der Waals surface area contributed by atoms with Crippen molar-refractivity contribution in [3.05, 3.63) is 36.5 Å². The average Bonchev–Trinajstić information content (AvgIpc) is 3.29. The normalized spacial score (nSPS) is 27.5. The molecule has 0 aliphatic carbocycles. The fourth-order valence-electron chi connectivity index (χ4n) is 8.14. The molecule has 64 heavy (non-hydrogen) atoms. The minimum Gasteiger partial charge on any atom is -0.394 e. The molecule has 0 bridgehead atoms. The predicted octanol–water partition coefficient (Wildman–Crippen LogP) is 6.32. The molecule has 14 heteroatoms. The molecule has 9 N–H and O–H groups in total. The van der Waals surface area contributed by atoms with E-state index in [0.29, 0.717) is 6.42 Å². The van der Waals surface area contributed by atoms with Gasteiger partial charge in [-0.2, -0.15) is 0 Å². The van der Waals surface area contributed by atoms with Crippen LogP contribution in [0.4, 0.5) is 0 Å². The van der Waals surface area contributed by atoms with E-state index in [2.05, 4.69) is 43.5 Å². The molecule has 1 amide bonds. The van der Waals surface area contributed by atoms with Gasteiger partial charge in [0, 0.05) is 6.42 Å². The third-order valence-corrected chi connectivity index (χ3v) is 12.3. The number of hydrogen-bond donors (Lipinski definition) is 9. The number of carbonyl (C=O) groups is 1. The second-order valence-corrected chi connectivity index (χ2v) is 17.9. The maximum atomic E-state index is 13.2. The van der Waals surface area contributed by atoms with E-state index >= 15 is 0 Å². The summed E-state index contributed by atoms with van der Waals surface area (Å²) in [6.45, 7) is 2.74. The molecule has 0 radical (unpaired) electrons.